The first-order valence-electron chi connectivity index (χ1n) is 6.24. The second kappa shape index (κ2) is 7.23. The van der Waals surface area contributed by atoms with Crippen molar-refractivity contribution in [3.8, 4) is 0 Å². The maximum absolute atomic E-state index is 10.7. The van der Waals surface area contributed by atoms with E-state index in [4.69, 9.17) is 17.7 Å². The first-order chi connectivity index (χ1) is 9.59. The van der Waals surface area contributed by atoms with Crippen LogP contribution in [0.5, 0.6) is 0 Å². The molecule has 0 amide bonds. The molecule has 1 atom stereocenters. The summed E-state index contributed by atoms with van der Waals surface area (Å²) in [7, 11) is -4.05. The molecule has 0 aliphatic carbocycles. The van der Waals surface area contributed by atoms with Crippen molar-refractivity contribution in [3.05, 3.63) is 18.7 Å². The first-order valence-corrected chi connectivity index (χ1v) is 7.65. The number of hydrogen-bond acceptors (Lipinski definition) is 4. The molecule has 1 aromatic rings. The zero-order valence-electron chi connectivity index (χ0n) is 11.4. The minimum atomic E-state index is -6.09. The van der Waals surface area contributed by atoms with E-state index in [1.807, 2.05) is 7.05 Å². The van der Waals surface area contributed by atoms with Crippen LogP contribution in [0, 0.1) is 0 Å². The molecule has 0 aromatic carbocycles. The van der Waals surface area contributed by atoms with Crippen LogP contribution >= 0.6 is 0 Å². The van der Waals surface area contributed by atoms with Gasteiger partial charge in [0.25, 0.3) is 0 Å². The van der Waals surface area contributed by atoms with Crippen molar-refractivity contribution in [2.45, 2.75) is 37.4 Å². The zero-order chi connectivity index (χ0) is 16.1. The molecular weight excluding hydrogens is 313 g/mol. The van der Waals surface area contributed by atoms with Crippen LogP contribution in [-0.2, 0) is 28.4 Å². The van der Waals surface area contributed by atoms with Crippen LogP contribution in [0.4, 0.5) is 13.2 Å². The molecule has 2 heterocycles. The van der Waals surface area contributed by atoms with Gasteiger partial charge in [-0.25, -0.2) is 17.6 Å². The van der Waals surface area contributed by atoms with E-state index in [9.17, 15) is 13.2 Å². The number of imidazole rings is 1. The van der Waals surface area contributed by atoms with Gasteiger partial charge in [0.1, 0.15) is 18.9 Å². The smallest absolute Gasteiger partial charge is 0.485 e. The Hall–Kier alpha value is -1.13. The third-order valence-corrected chi connectivity index (χ3v) is 3.36. The lowest BCUT2D eigenvalue weighted by atomic mass is 10.1. The Kier molecular flexibility index (Phi) is 6.17. The van der Waals surface area contributed by atoms with E-state index in [1.54, 1.807) is 0 Å². The molecule has 0 radical (unpaired) electrons. The number of hydrogen-bond donors (Lipinski definition) is 0. The van der Waals surface area contributed by atoms with Gasteiger partial charge >= 0.3 is 5.51 Å². The Morgan fingerprint density at radius 2 is 2.05 bits per heavy atom. The van der Waals surface area contributed by atoms with Gasteiger partial charge in [0.15, 0.2) is 10.1 Å². The monoisotopic (exact) mass is 330 g/mol. The number of halogens is 3. The standard InChI is InChI=1S/C10H17N2O.CHF3O3S/c1-11-5-6-12(9-11)8-10-4-2-3-7-13-10;2-1(3,4)8(5,6)7/h5-6,9-10H,2-4,7-8H2,1H3;(H,5,6,7)/q+1;/p-1/t10-;/m0./s1. The summed E-state index contributed by atoms with van der Waals surface area (Å²) < 4.78 is 68.8. The lowest BCUT2D eigenvalue weighted by Crippen LogP contribution is -2.27. The highest BCUT2D eigenvalue weighted by Crippen LogP contribution is 2.20. The van der Waals surface area contributed by atoms with Gasteiger partial charge in [0.2, 0.25) is 6.33 Å². The maximum atomic E-state index is 10.7. The molecule has 10 heteroatoms. The van der Waals surface area contributed by atoms with Crippen LogP contribution in [0.25, 0.3) is 0 Å². The summed E-state index contributed by atoms with van der Waals surface area (Å²) in [6, 6.07) is 0. The molecule has 0 saturated carbocycles. The Labute approximate surface area is 120 Å². The fourth-order valence-electron chi connectivity index (χ4n) is 1.80. The number of aryl methyl sites for hydroxylation is 1. The van der Waals surface area contributed by atoms with Gasteiger partial charge in [0.05, 0.1) is 13.2 Å². The molecule has 0 bridgehead atoms. The van der Waals surface area contributed by atoms with E-state index in [0.29, 0.717) is 6.10 Å². The summed E-state index contributed by atoms with van der Waals surface area (Å²) in [5, 5.41) is 0. The predicted molar refractivity (Wildman–Crippen MR) is 65.0 cm³/mol. The topological polar surface area (TPSA) is 75.2 Å². The Morgan fingerprint density at radius 1 is 1.43 bits per heavy atom. The summed E-state index contributed by atoms with van der Waals surface area (Å²) >= 11 is 0. The van der Waals surface area contributed by atoms with Gasteiger partial charge in [-0.15, -0.1) is 0 Å². The summed E-state index contributed by atoms with van der Waals surface area (Å²) in [6.07, 6.45) is 10.4. The van der Waals surface area contributed by atoms with E-state index in [-0.39, 0.29) is 0 Å². The fraction of sp³-hybridized carbons (Fsp3) is 0.727. The minimum Gasteiger partial charge on any atom is -0.741 e. The van der Waals surface area contributed by atoms with E-state index >= 15 is 0 Å². The molecule has 0 N–H and O–H groups in total. The average Bonchev–Trinajstić information content (AvgIpc) is 2.74. The maximum Gasteiger partial charge on any atom is 0.485 e. The molecule has 1 aliphatic rings. The normalized spacial score (nSPS) is 19.8. The van der Waals surface area contributed by atoms with Crippen LogP contribution in [0.1, 0.15) is 19.3 Å². The van der Waals surface area contributed by atoms with E-state index < -0.39 is 15.6 Å². The van der Waals surface area contributed by atoms with Crippen molar-refractivity contribution >= 4 is 10.1 Å². The molecule has 6 nitrogen and oxygen atoms in total. The van der Waals surface area contributed by atoms with Gasteiger partial charge < -0.3 is 9.29 Å². The molecule has 0 unspecified atom stereocenters. The lowest BCUT2D eigenvalue weighted by Gasteiger charge is -2.20. The van der Waals surface area contributed by atoms with Crippen molar-refractivity contribution in [1.82, 2.24) is 4.57 Å². The molecule has 1 aliphatic heterocycles. The van der Waals surface area contributed by atoms with Gasteiger partial charge in [-0.2, -0.15) is 13.2 Å². The van der Waals surface area contributed by atoms with Crippen LogP contribution in [0.2, 0.25) is 0 Å². The molecule has 21 heavy (non-hydrogen) atoms. The average molecular weight is 330 g/mol. The fourth-order valence-corrected chi connectivity index (χ4v) is 1.80. The highest BCUT2D eigenvalue weighted by molar-refractivity contribution is 7.86. The minimum absolute atomic E-state index is 0.432. The number of rotatable bonds is 2. The first kappa shape index (κ1) is 17.9. The summed E-state index contributed by atoms with van der Waals surface area (Å²) in [5.41, 5.74) is -5.65. The zero-order valence-corrected chi connectivity index (χ0v) is 12.2. The summed E-state index contributed by atoms with van der Waals surface area (Å²) in [5.74, 6) is 0. The van der Waals surface area contributed by atoms with Crippen molar-refractivity contribution in [3.63, 3.8) is 0 Å². The third kappa shape index (κ3) is 6.44. The van der Waals surface area contributed by atoms with Crippen LogP contribution in [0.3, 0.4) is 0 Å². The van der Waals surface area contributed by atoms with Crippen LogP contribution < -0.4 is 4.57 Å². The predicted octanol–water partition coefficient (Wildman–Crippen LogP) is 0.933. The molecule has 1 saturated heterocycles. The molecule has 122 valence electrons. The number of aromatic nitrogens is 2. The largest absolute Gasteiger partial charge is 0.741 e. The van der Waals surface area contributed by atoms with E-state index in [0.717, 1.165) is 13.2 Å². The Balaban J connectivity index is 0.000000240. The lowest BCUT2D eigenvalue weighted by molar-refractivity contribution is -0.671. The van der Waals surface area contributed by atoms with Crippen molar-refractivity contribution in [2.75, 3.05) is 6.61 Å². The second-order valence-electron chi connectivity index (χ2n) is 4.66. The van der Waals surface area contributed by atoms with E-state index in [2.05, 4.69) is 27.9 Å². The van der Waals surface area contributed by atoms with Crippen molar-refractivity contribution in [2.24, 2.45) is 7.05 Å². The highest BCUT2D eigenvalue weighted by atomic mass is 32.2. The van der Waals surface area contributed by atoms with E-state index in [1.165, 1.54) is 19.3 Å². The number of alkyl halides is 3. The highest BCUT2D eigenvalue weighted by Gasteiger charge is 2.36. The molecule has 2 rings (SSSR count). The number of nitrogens with zero attached hydrogens (tertiary/aromatic N) is 2. The van der Waals surface area contributed by atoms with Gasteiger partial charge in [0, 0.05) is 6.61 Å². The molecule has 0 spiro atoms. The second-order valence-corrected chi connectivity index (χ2v) is 6.04. The summed E-state index contributed by atoms with van der Waals surface area (Å²) in [6.45, 7) is 1.94. The number of ether oxygens (including phenoxy) is 1. The Morgan fingerprint density at radius 3 is 2.43 bits per heavy atom. The Bertz CT molecular complexity index is 536. The van der Waals surface area contributed by atoms with Gasteiger partial charge in [-0.3, -0.25) is 0 Å². The van der Waals surface area contributed by atoms with Gasteiger partial charge in [-0.1, -0.05) is 0 Å². The van der Waals surface area contributed by atoms with Crippen molar-refractivity contribution < 1.29 is 35.4 Å². The summed E-state index contributed by atoms with van der Waals surface area (Å²) in [4.78, 5) is 0. The molecular formula is C11H17F3N2O4S. The SMILES string of the molecule is C[n+]1ccn(C[C@@H]2CCCCO2)c1.O=S(=O)([O-])C(F)(F)F. The molecule has 1 aromatic heterocycles. The van der Waals surface area contributed by atoms with Crippen LogP contribution in [-0.4, -0.2) is 35.8 Å². The van der Waals surface area contributed by atoms with Gasteiger partial charge in [-0.05, 0) is 19.3 Å². The molecule has 1 fully saturated rings. The quantitative estimate of drug-likeness (QED) is 0.459. The third-order valence-electron chi connectivity index (χ3n) is 2.80. The van der Waals surface area contributed by atoms with Crippen molar-refractivity contribution in [1.29, 1.82) is 0 Å². The van der Waals surface area contributed by atoms with Crippen LogP contribution in [0.15, 0.2) is 18.7 Å².